The molecule has 0 unspecified atom stereocenters. The van der Waals surface area contributed by atoms with E-state index < -0.39 is 0 Å². The van der Waals surface area contributed by atoms with Crippen molar-refractivity contribution in [1.82, 2.24) is 4.57 Å². The first-order chi connectivity index (χ1) is 32.7. The molecule has 0 saturated carbocycles. The average molecular weight is 839 g/mol. The zero-order valence-electron chi connectivity index (χ0n) is 36.1. The van der Waals surface area contributed by atoms with Crippen molar-refractivity contribution in [2.24, 2.45) is 0 Å². The van der Waals surface area contributed by atoms with E-state index in [1.165, 1.54) is 98.3 Å². The molecule has 308 valence electrons. The van der Waals surface area contributed by atoms with E-state index in [-0.39, 0.29) is 0 Å². The lowest BCUT2D eigenvalue weighted by atomic mass is 9.85. The smallest absolute Gasteiger partial charge is 0.0542 e. The first kappa shape index (κ1) is 37.8. The van der Waals surface area contributed by atoms with Gasteiger partial charge < -0.3 is 9.47 Å². The van der Waals surface area contributed by atoms with E-state index >= 15 is 0 Å². The number of rotatable bonds is 7. The Balaban J connectivity index is 0.978. The number of hydrogen-bond acceptors (Lipinski definition) is 1. The van der Waals surface area contributed by atoms with Crippen LogP contribution in [0.2, 0.25) is 0 Å². The lowest BCUT2D eigenvalue weighted by molar-refractivity contribution is 1.18. The van der Waals surface area contributed by atoms with Crippen LogP contribution < -0.4 is 4.90 Å². The Morgan fingerprint density at radius 1 is 0.258 bits per heavy atom. The van der Waals surface area contributed by atoms with Crippen molar-refractivity contribution in [2.45, 2.75) is 0 Å². The van der Waals surface area contributed by atoms with Crippen molar-refractivity contribution in [1.29, 1.82) is 0 Å². The number of hydrogen-bond donors (Lipinski definition) is 0. The molecule has 0 radical (unpaired) electrons. The molecule has 0 aliphatic carbocycles. The Kier molecular flexibility index (Phi) is 8.89. The highest BCUT2D eigenvalue weighted by Gasteiger charge is 2.20. The van der Waals surface area contributed by atoms with Crippen molar-refractivity contribution in [3.63, 3.8) is 0 Å². The molecule has 0 aliphatic rings. The first-order valence-corrected chi connectivity index (χ1v) is 22.8. The summed E-state index contributed by atoms with van der Waals surface area (Å²) in [5.74, 6) is 0. The fourth-order valence-corrected chi connectivity index (χ4v) is 10.5. The Labute approximate surface area is 383 Å². The van der Waals surface area contributed by atoms with Crippen molar-refractivity contribution in [2.75, 3.05) is 4.90 Å². The highest BCUT2D eigenvalue weighted by atomic mass is 15.1. The van der Waals surface area contributed by atoms with Gasteiger partial charge >= 0.3 is 0 Å². The zero-order chi connectivity index (χ0) is 43.6. The SMILES string of the molecule is c1ccc(-n2c3ccccc3c3cc(N(c4ccc(-c5cccc6ccccc56)cc4)c4ccc(-c5c6ccccc6c(-c6ccc7ccccc7c6)c6ccccc56)cc4)ccc32)cc1. The van der Waals surface area contributed by atoms with Crippen molar-refractivity contribution in [3.8, 4) is 39.1 Å². The number of fused-ring (bicyclic) bond motifs is 7. The summed E-state index contributed by atoms with van der Waals surface area (Å²) in [7, 11) is 0. The van der Waals surface area contributed by atoms with Gasteiger partial charge in [-0.15, -0.1) is 0 Å². The van der Waals surface area contributed by atoms with Crippen LogP contribution in [0.15, 0.2) is 255 Å². The molecule has 0 amide bonds. The third kappa shape index (κ3) is 6.18. The molecule has 0 atom stereocenters. The Hall–Kier alpha value is -8.72. The van der Waals surface area contributed by atoms with Gasteiger partial charge in [-0.2, -0.15) is 0 Å². The summed E-state index contributed by atoms with van der Waals surface area (Å²) in [5.41, 5.74) is 14.2. The monoisotopic (exact) mass is 838 g/mol. The fraction of sp³-hybridized carbons (Fsp3) is 0. The van der Waals surface area contributed by atoms with Crippen molar-refractivity contribution >= 4 is 82.0 Å². The molecule has 0 spiro atoms. The second-order valence-electron chi connectivity index (χ2n) is 17.2. The van der Waals surface area contributed by atoms with Gasteiger partial charge in [0.25, 0.3) is 0 Å². The van der Waals surface area contributed by atoms with E-state index in [1.54, 1.807) is 0 Å². The molecule has 0 bridgehead atoms. The molecule has 0 saturated heterocycles. The van der Waals surface area contributed by atoms with E-state index in [0.29, 0.717) is 0 Å². The van der Waals surface area contributed by atoms with E-state index in [9.17, 15) is 0 Å². The Morgan fingerprint density at radius 3 is 1.42 bits per heavy atom. The second-order valence-corrected chi connectivity index (χ2v) is 17.2. The molecule has 0 fully saturated rings. The summed E-state index contributed by atoms with van der Waals surface area (Å²) in [4.78, 5) is 2.41. The third-order valence-corrected chi connectivity index (χ3v) is 13.5. The van der Waals surface area contributed by atoms with Crippen LogP contribution in [0.4, 0.5) is 17.1 Å². The molecule has 2 nitrogen and oxygen atoms in total. The lowest BCUT2D eigenvalue weighted by Gasteiger charge is -2.26. The number of benzene rings is 12. The van der Waals surface area contributed by atoms with E-state index in [1.807, 2.05) is 0 Å². The molecule has 2 heteroatoms. The summed E-state index contributed by atoms with van der Waals surface area (Å²) < 4.78 is 2.38. The van der Waals surface area contributed by atoms with Crippen LogP contribution in [0.25, 0.3) is 104 Å². The van der Waals surface area contributed by atoms with Gasteiger partial charge in [0.05, 0.1) is 11.0 Å². The Morgan fingerprint density at radius 2 is 0.742 bits per heavy atom. The van der Waals surface area contributed by atoms with Gasteiger partial charge in [-0.3, -0.25) is 0 Å². The highest BCUT2D eigenvalue weighted by molar-refractivity contribution is 6.22. The molecule has 13 aromatic rings. The van der Waals surface area contributed by atoms with Crippen molar-refractivity contribution in [3.05, 3.63) is 255 Å². The predicted octanol–water partition coefficient (Wildman–Crippen LogP) is 17.9. The van der Waals surface area contributed by atoms with Crippen LogP contribution >= 0.6 is 0 Å². The third-order valence-electron chi connectivity index (χ3n) is 13.5. The van der Waals surface area contributed by atoms with Crippen molar-refractivity contribution < 1.29 is 0 Å². The maximum absolute atomic E-state index is 2.41. The van der Waals surface area contributed by atoms with Gasteiger partial charge in [0.2, 0.25) is 0 Å². The number of nitrogens with zero attached hydrogens (tertiary/aromatic N) is 2. The molecule has 0 N–H and O–H groups in total. The summed E-state index contributed by atoms with van der Waals surface area (Å²) in [6, 6.07) is 93.3. The molecule has 66 heavy (non-hydrogen) atoms. The van der Waals surface area contributed by atoms with Gasteiger partial charge in [0.15, 0.2) is 0 Å². The Bertz CT molecular complexity index is 3910. The van der Waals surface area contributed by atoms with Crippen LogP contribution in [0, 0.1) is 0 Å². The number of aromatic nitrogens is 1. The molecular formula is C64H42N2. The molecule has 1 aromatic heterocycles. The summed E-state index contributed by atoms with van der Waals surface area (Å²) in [6.45, 7) is 0. The van der Waals surface area contributed by atoms with Crippen LogP contribution in [-0.2, 0) is 0 Å². The van der Waals surface area contributed by atoms with Crippen LogP contribution in [-0.4, -0.2) is 4.57 Å². The largest absolute Gasteiger partial charge is 0.310 e. The maximum atomic E-state index is 2.41. The summed E-state index contributed by atoms with van der Waals surface area (Å²) in [6.07, 6.45) is 0. The topological polar surface area (TPSA) is 8.17 Å². The fourth-order valence-electron chi connectivity index (χ4n) is 10.5. The summed E-state index contributed by atoms with van der Waals surface area (Å²) >= 11 is 0. The minimum absolute atomic E-state index is 1.09. The van der Waals surface area contributed by atoms with Gasteiger partial charge in [-0.25, -0.2) is 0 Å². The molecule has 12 aromatic carbocycles. The quantitative estimate of drug-likeness (QED) is 0.145. The molecule has 13 rings (SSSR count). The van der Waals surface area contributed by atoms with Crippen LogP contribution in [0.5, 0.6) is 0 Å². The van der Waals surface area contributed by atoms with E-state index in [2.05, 4.69) is 264 Å². The van der Waals surface area contributed by atoms with Gasteiger partial charge in [-0.1, -0.05) is 188 Å². The van der Waals surface area contributed by atoms with E-state index in [0.717, 1.165) is 22.7 Å². The van der Waals surface area contributed by atoms with Gasteiger partial charge in [0.1, 0.15) is 0 Å². The minimum Gasteiger partial charge on any atom is -0.310 e. The number of para-hydroxylation sites is 2. The number of anilines is 3. The van der Waals surface area contributed by atoms with E-state index in [4.69, 9.17) is 0 Å². The van der Waals surface area contributed by atoms with Crippen LogP contribution in [0.1, 0.15) is 0 Å². The normalized spacial score (nSPS) is 11.6. The molecule has 1 heterocycles. The standard InChI is InChI=1S/C64H42N2/c1-2-19-49(20-3-1)66-61-28-13-12-22-55(61)60-42-52(39-40-62(60)66)65(50-35-31-45(32-36-50)54-27-14-18-44-16-6-7-21-53(44)54)51-37-33-46(34-38-51)63-56-23-8-10-25-58(56)64(59-26-11-9-24-57(59)63)48-30-29-43-15-4-5-17-47(43)41-48/h1-42H. The van der Waals surface area contributed by atoms with Gasteiger partial charge in [0, 0.05) is 33.5 Å². The molecule has 0 aliphatic heterocycles. The predicted molar refractivity (Wildman–Crippen MR) is 282 cm³/mol. The lowest BCUT2D eigenvalue weighted by Crippen LogP contribution is -2.10. The average Bonchev–Trinajstić information content (AvgIpc) is 3.72. The van der Waals surface area contributed by atoms with Gasteiger partial charge in [-0.05, 0) is 143 Å². The maximum Gasteiger partial charge on any atom is 0.0542 e. The van der Waals surface area contributed by atoms with Crippen LogP contribution in [0.3, 0.4) is 0 Å². The first-order valence-electron chi connectivity index (χ1n) is 22.8. The zero-order valence-corrected chi connectivity index (χ0v) is 36.1. The molecular weight excluding hydrogens is 797 g/mol. The second kappa shape index (κ2) is 15.5. The minimum atomic E-state index is 1.09. The highest BCUT2D eigenvalue weighted by Crippen LogP contribution is 2.46. The summed E-state index contributed by atoms with van der Waals surface area (Å²) in [5, 5.41) is 12.4.